The Morgan fingerprint density at radius 2 is 1.69 bits per heavy atom. The predicted octanol–water partition coefficient (Wildman–Crippen LogP) is 3.36. The summed E-state index contributed by atoms with van der Waals surface area (Å²) in [7, 11) is 0. The van der Waals surface area contributed by atoms with Crippen LogP contribution in [0.3, 0.4) is 0 Å². The zero-order valence-corrected chi connectivity index (χ0v) is 15.6. The van der Waals surface area contributed by atoms with E-state index < -0.39 is 0 Å². The minimum atomic E-state index is 0.218. The molecule has 0 unspecified atom stereocenters. The van der Waals surface area contributed by atoms with Crippen molar-refractivity contribution in [2.24, 2.45) is 0 Å². The van der Waals surface area contributed by atoms with Crippen LogP contribution in [0.25, 0.3) is 0 Å². The largest absolute Gasteiger partial charge is 0.494 e. The zero-order chi connectivity index (χ0) is 18.2. The van der Waals surface area contributed by atoms with Crippen LogP contribution in [0.15, 0.2) is 54.6 Å². The first-order chi connectivity index (χ1) is 12.7. The molecule has 0 aromatic heterocycles. The molecule has 138 valence electrons. The molecule has 0 aliphatic carbocycles. The SMILES string of the molecule is CCOc1ccc(CC(=O)N2CCCN(Cc3ccccc3)CC2)cc1. The molecule has 0 N–H and O–H groups in total. The van der Waals surface area contributed by atoms with Gasteiger partial charge in [0, 0.05) is 32.7 Å². The first-order valence-electron chi connectivity index (χ1n) is 9.50. The van der Waals surface area contributed by atoms with Gasteiger partial charge in [-0.1, -0.05) is 42.5 Å². The Labute approximate surface area is 156 Å². The van der Waals surface area contributed by atoms with Crippen LogP contribution >= 0.6 is 0 Å². The van der Waals surface area contributed by atoms with Crippen molar-refractivity contribution in [1.29, 1.82) is 0 Å². The Morgan fingerprint density at radius 1 is 0.923 bits per heavy atom. The number of rotatable bonds is 6. The van der Waals surface area contributed by atoms with Gasteiger partial charge in [0.05, 0.1) is 13.0 Å². The fourth-order valence-corrected chi connectivity index (χ4v) is 3.38. The molecule has 1 saturated heterocycles. The third-order valence-corrected chi connectivity index (χ3v) is 4.78. The van der Waals surface area contributed by atoms with E-state index in [0.29, 0.717) is 13.0 Å². The number of carbonyl (C=O) groups excluding carboxylic acids is 1. The van der Waals surface area contributed by atoms with Crippen LogP contribution in [0.4, 0.5) is 0 Å². The van der Waals surface area contributed by atoms with Crippen molar-refractivity contribution in [3.8, 4) is 5.75 Å². The molecule has 26 heavy (non-hydrogen) atoms. The van der Waals surface area contributed by atoms with Gasteiger partial charge in [-0.3, -0.25) is 9.69 Å². The third kappa shape index (κ3) is 5.33. The molecule has 0 radical (unpaired) electrons. The summed E-state index contributed by atoms with van der Waals surface area (Å²) in [5.41, 5.74) is 2.38. The third-order valence-electron chi connectivity index (χ3n) is 4.78. The number of carbonyl (C=O) groups is 1. The molecule has 1 aliphatic heterocycles. The van der Waals surface area contributed by atoms with Gasteiger partial charge in [-0.05, 0) is 36.6 Å². The molecule has 0 spiro atoms. The van der Waals surface area contributed by atoms with E-state index in [-0.39, 0.29) is 5.91 Å². The van der Waals surface area contributed by atoms with Crippen molar-refractivity contribution in [2.45, 2.75) is 26.3 Å². The van der Waals surface area contributed by atoms with Crippen LogP contribution in [0.5, 0.6) is 5.75 Å². The summed E-state index contributed by atoms with van der Waals surface area (Å²) in [4.78, 5) is 17.1. The van der Waals surface area contributed by atoms with Crippen molar-refractivity contribution in [2.75, 3.05) is 32.8 Å². The van der Waals surface area contributed by atoms with Gasteiger partial charge in [0.2, 0.25) is 5.91 Å². The lowest BCUT2D eigenvalue weighted by molar-refractivity contribution is -0.130. The van der Waals surface area contributed by atoms with Crippen LogP contribution in [0.1, 0.15) is 24.5 Å². The molecule has 1 fully saturated rings. The average molecular weight is 352 g/mol. The number of nitrogens with zero attached hydrogens (tertiary/aromatic N) is 2. The first-order valence-corrected chi connectivity index (χ1v) is 9.50. The fraction of sp³-hybridized carbons (Fsp3) is 0.409. The maximum absolute atomic E-state index is 12.7. The minimum absolute atomic E-state index is 0.218. The van der Waals surface area contributed by atoms with Crippen molar-refractivity contribution in [3.05, 3.63) is 65.7 Å². The summed E-state index contributed by atoms with van der Waals surface area (Å²) in [5, 5.41) is 0. The van der Waals surface area contributed by atoms with Gasteiger partial charge in [0.1, 0.15) is 5.75 Å². The fourth-order valence-electron chi connectivity index (χ4n) is 3.38. The van der Waals surface area contributed by atoms with E-state index in [0.717, 1.165) is 50.5 Å². The topological polar surface area (TPSA) is 32.8 Å². The summed E-state index contributed by atoms with van der Waals surface area (Å²) in [6, 6.07) is 18.4. The van der Waals surface area contributed by atoms with Gasteiger partial charge >= 0.3 is 0 Å². The highest BCUT2D eigenvalue weighted by Gasteiger charge is 2.19. The molecule has 4 heteroatoms. The van der Waals surface area contributed by atoms with Crippen molar-refractivity contribution in [3.63, 3.8) is 0 Å². The molecule has 0 bridgehead atoms. The highest BCUT2D eigenvalue weighted by atomic mass is 16.5. The molecule has 4 nitrogen and oxygen atoms in total. The first kappa shape index (κ1) is 18.5. The molecule has 0 atom stereocenters. The second-order valence-corrected chi connectivity index (χ2v) is 6.75. The quantitative estimate of drug-likeness (QED) is 0.799. The predicted molar refractivity (Wildman–Crippen MR) is 104 cm³/mol. The van der Waals surface area contributed by atoms with E-state index in [1.807, 2.05) is 42.2 Å². The van der Waals surface area contributed by atoms with Gasteiger partial charge in [-0.2, -0.15) is 0 Å². The van der Waals surface area contributed by atoms with Gasteiger partial charge in [0.15, 0.2) is 0 Å². The highest BCUT2D eigenvalue weighted by Crippen LogP contribution is 2.14. The summed E-state index contributed by atoms with van der Waals surface area (Å²) in [6.07, 6.45) is 1.49. The van der Waals surface area contributed by atoms with E-state index in [1.54, 1.807) is 0 Å². The molecule has 1 amide bonds. The molecule has 2 aromatic rings. The van der Waals surface area contributed by atoms with Gasteiger partial charge in [-0.25, -0.2) is 0 Å². The van der Waals surface area contributed by atoms with Crippen LogP contribution in [-0.2, 0) is 17.8 Å². The molecular weight excluding hydrogens is 324 g/mol. The van der Waals surface area contributed by atoms with E-state index in [9.17, 15) is 4.79 Å². The van der Waals surface area contributed by atoms with E-state index >= 15 is 0 Å². The second kappa shape index (κ2) is 9.39. The van der Waals surface area contributed by atoms with E-state index in [2.05, 4.69) is 29.2 Å². The lowest BCUT2D eigenvalue weighted by atomic mass is 10.1. The summed E-state index contributed by atoms with van der Waals surface area (Å²) < 4.78 is 5.46. The Kier molecular flexibility index (Phi) is 6.67. The monoisotopic (exact) mass is 352 g/mol. The Balaban J connectivity index is 1.50. The number of hydrogen-bond donors (Lipinski definition) is 0. The molecule has 2 aromatic carbocycles. The number of amides is 1. The highest BCUT2D eigenvalue weighted by molar-refractivity contribution is 5.78. The zero-order valence-electron chi connectivity index (χ0n) is 15.6. The van der Waals surface area contributed by atoms with Gasteiger partial charge in [-0.15, -0.1) is 0 Å². The smallest absolute Gasteiger partial charge is 0.227 e. The lowest BCUT2D eigenvalue weighted by Gasteiger charge is -2.22. The standard InChI is InChI=1S/C22H28N2O2/c1-2-26-21-11-9-19(10-12-21)17-22(25)24-14-6-13-23(15-16-24)18-20-7-4-3-5-8-20/h3-5,7-12H,2,6,13-18H2,1H3. The van der Waals surface area contributed by atoms with E-state index in [1.165, 1.54) is 5.56 Å². The maximum Gasteiger partial charge on any atom is 0.227 e. The Hall–Kier alpha value is -2.33. The van der Waals surface area contributed by atoms with Crippen molar-refractivity contribution in [1.82, 2.24) is 9.80 Å². The number of hydrogen-bond acceptors (Lipinski definition) is 3. The number of benzene rings is 2. The normalized spacial score (nSPS) is 15.5. The van der Waals surface area contributed by atoms with Crippen LogP contribution in [-0.4, -0.2) is 48.5 Å². The molecule has 0 saturated carbocycles. The maximum atomic E-state index is 12.7. The Bertz CT molecular complexity index is 685. The Morgan fingerprint density at radius 3 is 2.42 bits per heavy atom. The van der Waals surface area contributed by atoms with Crippen LogP contribution < -0.4 is 4.74 Å². The van der Waals surface area contributed by atoms with Gasteiger partial charge in [0.25, 0.3) is 0 Å². The molecule has 1 heterocycles. The summed E-state index contributed by atoms with van der Waals surface area (Å²) in [6.45, 7) is 7.22. The minimum Gasteiger partial charge on any atom is -0.494 e. The molecule has 1 aliphatic rings. The van der Waals surface area contributed by atoms with Crippen molar-refractivity contribution < 1.29 is 9.53 Å². The van der Waals surface area contributed by atoms with Crippen LogP contribution in [0, 0.1) is 0 Å². The van der Waals surface area contributed by atoms with Crippen molar-refractivity contribution >= 4 is 5.91 Å². The average Bonchev–Trinajstić information content (AvgIpc) is 2.90. The molecular formula is C22H28N2O2. The summed E-state index contributed by atoms with van der Waals surface area (Å²) >= 11 is 0. The lowest BCUT2D eigenvalue weighted by Crippen LogP contribution is -2.36. The molecule has 3 rings (SSSR count). The summed E-state index contributed by atoms with van der Waals surface area (Å²) in [5.74, 6) is 1.07. The van der Waals surface area contributed by atoms with Gasteiger partial charge < -0.3 is 9.64 Å². The van der Waals surface area contributed by atoms with E-state index in [4.69, 9.17) is 4.74 Å². The second-order valence-electron chi connectivity index (χ2n) is 6.75. The number of ether oxygens (including phenoxy) is 1. The van der Waals surface area contributed by atoms with Crippen LogP contribution in [0.2, 0.25) is 0 Å².